The number of hydrogen-bond donors (Lipinski definition) is 0. The van der Waals surface area contributed by atoms with Crippen LogP contribution in [0.3, 0.4) is 0 Å². The number of rotatable bonds is 5. The van der Waals surface area contributed by atoms with Crippen molar-refractivity contribution in [2.45, 2.75) is 25.6 Å². The summed E-state index contributed by atoms with van der Waals surface area (Å²) in [5.74, 6) is 0.825. The van der Waals surface area contributed by atoms with Crippen molar-refractivity contribution in [2.24, 2.45) is 0 Å². The fourth-order valence-corrected chi connectivity index (χ4v) is 1.57. The normalized spacial score (nSPS) is 16.1. The maximum atomic E-state index is 10.8. The highest BCUT2D eigenvalue weighted by molar-refractivity contribution is 7.85. The Kier molecular flexibility index (Phi) is 3.16. The molecule has 1 aliphatic rings. The quantitative estimate of drug-likeness (QED) is 0.737. The molecule has 0 atom stereocenters. The molecule has 88 valence electrons. The van der Waals surface area contributed by atoms with E-state index in [0.29, 0.717) is 6.10 Å². The van der Waals surface area contributed by atoms with E-state index >= 15 is 0 Å². The van der Waals surface area contributed by atoms with E-state index in [-0.39, 0.29) is 6.61 Å². The van der Waals surface area contributed by atoms with Gasteiger partial charge in [-0.05, 0) is 30.5 Å². The van der Waals surface area contributed by atoms with Crippen molar-refractivity contribution < 1.29 is 17.3 Å². The zero-order valence-corrected chi connectivity index (χ0v) is 9.87. The van der Waals surface area contributed by atoms with Crippen molar-refractivity contribution >= 4 is 10.1 Å². The van der Waals surface area contributed by atoms with Crippen molar-refractivity contribution in [3.8, 4) is 5.75 Å². The highest BCUT2D eigenvalue weighted by Crippen LogP contribution is 2.26. The maximum Gasteiger partial charge on any atom is 0.264 e. The van der Waals surface area contributed by atoms with Gasteiger partial charge >= 0.3 is 0 Å². The molecule has 0 radical (unpaired) electrons. The van der Waals surface area contributed by atoms with Crippen LogP contribution >= 0.6 is 0 Å². The Morgan fingerprint density at radius 1 is 1.25 bits per heavy atom. The summed E-state index contributed by atoms with van der Waals surface area (Å²) in [7, 11) is -3.37. The van der Waals surface area contributed by atoms with E-state index in [1.54, 1.807) is 0 Å². The molecule has 1 fully saturated rings. The van der Waals surface area contributed by atoms with Crippen LogP contribution in [0, 0.1) is 0 Å². The van der Waals surface area contributed by atoms with E-state index in [9.17, 15) is 8.42 Å². The number of ether oxygens (including phenoxy) is 1. The Hall–Kier alpha value is -1.07. The predicted octanol–water partition coefficient (Wildman–Crippen LogP) is 1.70. The van der Waals surface area contributed by atoms with Gasteiger partial charge in [0.05, 0.1) is 19.0 Å². The lowest BCUT2D eigenvalue weighted by molar-refractivity contribution is 0.301. The summed E-state index contributed by atoms with van der Waals surface area (Å²) in [6.45, 7) is 0.0720. The van der Waals surface area contributed by atoms with Crippen LogP contribution in [0.5, 0.6) is 5.75 Å². The summed E-state index contributed by atoms with van der Waals surface area (Å²) in [6, 6.07) is 7.28. The van der Waals surface area contributed by atoms with E-state index in [2.05, 4.69) is 4.18 Å². The van der Waals surface area contributed by atoms with Crippen LogP contribution in [0.15, 0.2) is 24.3 Å². The van der Waals surface area contributed by atoms with Gasteiger partial charge in [0, 0.05) is 0 Å². The van der Waals surface area contributed by atoms with Crippen molar-refractivity contribution in [1.82, 2.24) is 0 Å². The smallest absolute Gasteiger partial charge is 0.264 e. The van der Waals surface area contributed by atoms with E-state index in [4.69, 9.17) is 4.74 Å². The van der Waals surface area contributed by atoms with Crippen LogP contribution in [0.25, 0.3) is 0 Å². The van der Waals surface area contributed by atoms with Gasteiger partial charge in [0.1, 0.15) is 5.75 Å². The molecule has 5 heteroatoms. The fraction of sp³-hybridized carbons (Fsp3) is 0.455. The first-order chi connectivity index (χ1) is 7.53. The molecule has 0 saturated heterocycles. The summed E-state index contributed by atoms with van der Waals surface area (Å²) in [5, 5.41) is 0. The molecule has 0 spiro atoms. The molecule has 0 aliphatic heterocycles. The van der Waals surface area contributed by atoms with Crippen LogP contribution < -0.4 is 4.74 Å². The molecule has 0 aromatic heterocycles. The molecule has 16 heavy (non-hydrogen) atoms. The molecule has 1 aromatic rings. The Morgan fingerprint density at radius 3 is 2.38 bits per heavy atom. The minimum Gasteiger partial charge on any atom is -0.490 e. The lowest BCUT2D eigenvalue weighted by Gasteiger charge is -2.05. The Labute approximate surface area is 95.3 Å². The third kappa shape index (κ3) is 3.83. The molecular formula is C11H14O4S. The Bertz CT molecular complexity index is 445. The third-order valence-corrected chi connectivity index (χ3v) is 2.74. The highest BCUT2D eigenvalue weighted by atomic mass is 32.2. The topological polar surface area (TPSA) is 52.6 Å². The summed E-state index contributed by atoms with van der Waals surface area (Å²) in [5.41, 5.74) is 0.813. The Morgan fingerprint density at radius 2 is 1.88 bits per heavy atom. The molecule has 0 amide bonds. The van der Waals surface area contributed by atoms with Crippen LogP contribution in [-0.2, 0) is 20.9 Å². The SMILES string of the molecule is CS(=O)(=O)OCc1ccc(OC2CC2)cc1. The van der Waals surface area contributed by atoms with Gasteiger partial charge in [-0.1, -0.05) is 12.1 Å². The third-order valence-electron chi connectivity index (χ3n) is 2.19. The Balaban J connectivity index is 1.90. The summed E-state index contributed by atoms with van der Waals surface area (Å²) >= 11 is 0. The number of benzene rings is 1. The van der Waals surface area contributed by atoms with Crippen LogP contribution in [0.2, 0.25) is 0 Å². The second-order valence-electron chi connectivity index (χ2n) is 3.93. The first-order valence-corrected chi connectivity index (χ1v) is 6.94. The van der Waals surface area contributed by atoms with Crippen molar-refractivity contribution in [3.05, 3.63) is 29.8 Å². The molecule has 0 unspecified atom stereocenters. The summed E-state index contributed by atoms with van der Waals surface area (Å²) in [4.78, 5) is 0. The van der Waals surface area contributed by atoms with E-state index in [1.807, 2.05) is 24.3 Å². The monoisotopic (exact) mass is 242 g/mol. The van der Waals surface area contributed by atoms with Crippen LogP contribution in [-0.4, -0.2) is 20.8 Å². The minimum atomic E-state index is -3.37. The van der Waals surface area contributed by atoms with E-state index < -0.39 is 10.1 Å². The fourth-order valence-electron chi connectivity index (χ4n) is 1.22. The largest absolute Gasteiger partial charge is 0.490 e. The van der Waals surface area contributed by atoms with Gasteiger partial charge in [0.25, 0.3) is 10.1 Å². The van der Waals surface area contributed by atoms with Crippen molar-refractivity contribution in [3.63, 3.8) is 0 Å². The van der Waals surface area contributed by atoms with Crippen molar-refractivity contribution in [2.75, 3.05) is 6.26 Å². The first kappa shape index (κ1) is 11.4. The summed E-state index contributed by atoms with van der Waals surface area (Å²) < 4.78 is 31.8. The average molecular weight is 242 g/mol. The lowest BCUT2D eigenvalue weighted by atomic mass is 10.2. The maximum absolute atomic E-state index is 10.8. The van der Waals surface area contributed by atoms with Crippen LogP contribution in [0.1, 0.15) is 18.4 Å². The minimum absolute atomic E-state index is 0.0720. The molecule has 0 bridgehead atoms. The molecular weight excluding hydrogens is 228 g/mol. The first-order valence-electron chi connectivity index (χ1n) is 5.13. The highest BCUT2D eigenvalue weighted by Gasteiger charge is 2.23. The molecule has 0 N–H and O–H groups in total. The van der Waals surface area contributed by atoms with Gasteiger partial charge in [-0.3, -0.25) is 4.18 Å². The molecule has 1 aromatic carbocycles. The average Bonchev–Trinajstić information content (AvgIpc) is 3.00. The zero-order valence-electron chi connectivity index (χ0n) is 9.05. The lowest BCUT2D eigenvalue weighted by Crippen LogP contribution is -2.02. The standard InChI is InChI=1S/C11H14O4S/c1-16(12,13)14-8-9-2-4-10(5-3-9)15-11-6-7-11/h2-5,11H,6-8H2,1H3. The predicted molar refractivity (Wildman–Crippen MR) is 59.7 cm³/mol. The molecule has 4 nitrogen and oxygen atoms in total. The van der Waals surface area contributed by atoms with E-state index in [1.165, 1.54) is 0 Å². The molecule has 1 aliphatic carbocycles. The van der Waals surface area contributed by atoms with Crippen LogP contribution in [0.4, 0.5) is 0 Å². The van der Waals surface area contributed by atoms with Crippen molar-refractivity contribution in [1.29, 1.82) is 0 Å². The molecule has 0 heterocycles. The second-order valence-corrected chi connectivity index (χ2v) is 5.57. The van der Waals surface area contributed by atoms with Gasteiger partial charge in [-0.25, -0.2) is 0 Å². The number of hydrogen-bond acceptors (Lipinski definition) is 4. The second kappa shape index (κ2) is 4.43. The van der Waals surface area contributed by atoms with Gasteiger partial charge in [-0.15, -0.1) is 0 Å². The summed E-state index contributed by atoms with van der Waals surface area (Å²) in [6.07, 6.45) is 3.66. The van der Waals surface area contributed by atoms with E-state index in [0.717, 1.165) is 30.4 Å². The molecule has 2 rings (SSSR count). The molecule has 1 saturated carbocycles. The zero-order chi connectivity index (χ0) is 11.6. The van der Waals surface area contributed by atoms with Gasteiger partial charge < -0.3 is 4.74 Å². The van der Waals surface area contributed by atoms with Gasteiger partial charge in [0.2, 0.25) is 0 Å². The van der Waals surface area contributed by atoms with Gasteiger partial charge in [-0.2, -0.15) is 8.42 Å². The van der Waals surface area contributed by atoms with Gasteiger partial charge in [0.15, 0.2) is 0 Å².